The van der Waals surface area contributed by atoms with Gasteiger partial charge in [-0.05, 0) is 17.7 Å². The lowest BCUT2D eigenvalue weighted by Gasteiger charge is -2.18. The van der Waals surface area contributed by atoms with Crippen molar-refractivity contribution in [3.63, 3.8) is 0 Å². The van der Waals surface area contributed by atoms with Gasteiger partial charge < -0.3 is 11.1 Å². The number of nitrogens with one attached hydrogen (secondary N) is 2. The van der Waals surface area contributed by atoms with Crippen molar-refractivity contribution in [2.75, 3.05) is 6.54 Å². The van der Waals surface area contributed by atoms with Gasteiger partial charge in [0.1, 0.15) is 4.90 Å². The largest absolute Gasteiger partial charge is 0.347 e. The number of rotatable bonds is 4. The number of fused-ring (bicyclic) bond motifs is 1. The van der Waals surface area contributed by atoms with Gasteiger partial charge in [-0.1, -0.05) is 42.5 Å². The van der Waals surface area contributed by atoms with Crippen LogP contribution in [-0.2, 0) is 14.8 Å². The molecule has 1 aliphatic heterocycles. The maximum absolute atomic E-state index is 12.2. The molecule has 1 amide bonds. The molecule has 0 saturated heterocycles. The Bertz CT molecular complexity index is 895. The van der Waals surface area contributed by atoms with Gasteiger partial charge in [-0.3, -0.25) is 9.52 Å². The molecule has 0 radical (unpaired) electrons. The molecule has 7 nitrogen and oxygen atoms in total. The molecule has 1 heterocycles. The molecule has 1 unspecified atom stereocenters. The molecule has 3 rings (SSSR count). The summed E-state index contributed by atoms with van der Waals surface area (Å²) in [6, 6.07) is 15.1. The molecule has 0 fully saturated rings. The summed E-state index contributed by atoms with van der Waals surface area (Å²) in [5.74, 6) is -0.895. The number of hydrogen-bond donors (Lipinski definition) is 3. The Labute approximate surface area is 139 Å². The number of para-hydroxylation sites is 1. The van der Waals surface area contributed by atoms with Crippen LogP contribution in [0.4, 0.5) is 5.69 Å². The van der Waals surface area contributed by atoms with Crippen molar-refractivity contribution in [1.29, 1.82) is 0 Å². The molecule has 2 aromatic rings. The fraction of sp³-hybridized carbons (Fsp3) is 0.125. The van der Waals surface area contributed by atoms with Gasteiger partial charge in [-0.25, -0.2) is 13.4 Å². The smallest absolute Gasteiger partial charge is 0.287 e. The molecule has 0 bridgehead atoms. The lowest BCUT2D eigenvalue weighted by Crippen LogP contribution is -2.45. The van der Waals surface area contributed by atoms with Crippen LogP contribution in [0.3, 0.4) is 0 Å². The maximum Gasteiger partial charge on any atom is 0.287 e. The highest BCUT2D eigenvalue weighted by molar-refractivity contribution is 7.90. The number of aliphatic imine (C=N–C) groups is 1. The summed E-state index contributed by atoms with van der Waals surface area (Å²) in [6.45, 7) is 0.158. The third-order valence-corrected chi connectivity index (χ3v) is 4.93. The number of amides is 1. The molecule has 0 aliphatic carbocycles. The summed E-state index contributed by atoms with van der Waals surface area (Å²) in [7, 11) is -3.80. The highest BCUT2D eigenvalue weighted by Gasteiger charge is 2.28. The lowest BCUT2D eigenvalue weighted by molar-refractivity contribution is -0.115. The van der Waals surface area contributed by atoms with Crippen LogP contribution in [0.25, 0.3) is 0 Å². The molecule has 0 aromatic heterocycles. The number of benzene rings is 2. The van der Waals surface area contributed by atoms with Crippen LogP contribution >= 0.6 is 0 Å². The van der Waals surface area contributed by atoms with Gasteiger partial charge in [0.05, 0.1) is 5.69 Å². The average Bonchev–Trinajstić information content (AvgIpc) is 2.59. The summed E-state index contributed by atoms with van der Waals surface area (Å²) in [6.07, 6.45) is 0. The molecule has 24 heavy (non-hydrogen) atoms. The number of sulfonamides is 1. The summed E-state index contributed by atoms with van der Waals surface area (Å²) in [5.41, 5.74) is 7.11. The first kappa shape index (κ1) is 16.2. The summed E-state index contributed by atoms with van der Waals surface area (Å²) >= 11 is 0. The van der Waals surface area contributed by atoms with Crippen molar-refractivity contribution >= 4 is 27.5 Å². The van der Waals surface area contributed by atoms with Gasteiger partial charge in [0, 0.05) is 12.6 Å². The maximum atomic E-state index is 12.2. The Kier molecular flexibility index (Phi) is 4.32. The van der Waals surface area contributed by atoms with Crippen LogP contribution in [0, 0.1) is 0 Å². The molecule has 8 heteroatoms. The van der Waals surface area contributed by atoms with Crippen LogP contribution in [0.5, 0.6) is 0 Å². The Hall–Kier alpha value is -2.71. The fourth-order valence-corrected chi connectivity index (χ4v) is 3.45. The average molecular weight is 344 g/mol. The van der Waals surface area contributed by atoms with Gasteiger partial charge in [0.2, 0.25) is 5.84 Å². The normalized spacial score (nSPS) is 16.3. The molecular formula is C16H16N4O3S. The van der Waals surface area contributed by atoms with Crippen LogP contribution in [0.1, 0.15) is 11.6 Å². The molecular weight excluding hydrogens is 328 g/mol. The van der Waals surface area contributed by atoms with Gasteiger partial charge in [-0.15, -0.1) is 0 Å². The zero-order valence-electron chi connectivity index (χ0n) is 12.6. The first-order valence-electron chi connectivity index (χ1n) is 7.26. The second kappa shape index (κ2) is 6.42. The van der Waals surface area contributed by atoms with E-state index in [1.165, 1.54) is 12.1 Å². The van der Waals surface area contributed by atoms with Gasteiger partial charge in [-0.2, -0.15) is 0 Å². The van der Waals surface area contributed by atoms with E-state index < -0.39 is 22.0 Å². The SMILES string of the molecule is NC(CNC(=O)C1=Nc2ccccc2S(=O)(=O)N1)c1ccccc1. The second-order valence-corrected chi connectivity index (χ2v) is 6.91. The zero-order chi connectivity index (χ0) is 17.2. The van der Waals surface area contributed by atoms with Crippen LogP contribution in [0.2, 0.25) is 0 Å². The second-order valence-electron chi connectivity index (χ2n) is 5.26. The summed E-state index contributed by atoms with van der Waals surface area (Å²) in [5, 5.41) is 2.60. The summed E-state index contributed by atoms with van der Waals surface area (Å²) < 4.78 is 26.5. The van der Waals surface area contributed by atoms with E-state index >= 15 is 0 Å². The van der Waals surface area contributed by atoms with Crippen molar-refractivity contribution in [1.82, 2.24) is 10.0 Å². The van der Waals surface area contributed by atoms with Gasteiger partial charge >= 0.3 is 0 Å². The predicted molar refractivity (Wildman–Crippen MR) is 90.2 cm³/mol. The third-order valence-electron chi connectivity index (χ3n) is 3.54. The molecule has 4 N–H and O–H groups in total. The Morgan fingerprint density at radius 1 is 1.12 bits per heavy atom. The number of carbonyl (C=O) groups is 1. The highest BCUT2D eigenvalue weighted by Crippen LogP contribution is 2.26. The number of hydrogen-bond acceptors (Lipinski definition) is 5. The van der Waals surface area contributed by atoms with E-state index in [2.05, 4.69) is 15.0 Å². The Balaban J connectivity index is 1.73. The van der Waals surface area contributed by atoms with Crippen LogP contribution < -0.4 is 15.8 Å². The molecule has 1 aliphatic rings. The highest BCUT2D eigenvalue weighted by atomic mass is 32.2. The van der Waals surface area contributed by atoms with Crippen molar-refractivity contribution < 1.29 is 13.2 Å². The molecule has 0 saturated carbocycles. The first-order valence-corrected chi connectivity index (χ1v) is 8.75. The van der Waals surface area contributed by atoms with Crippen molar-refractivity contribution in [2.45, 2.75) is 10.9 Å². The van der Waals surface area contributed by atoms with E-state index in [1.54, 1.807) is 12.1 Å². The zero-order valence-corrected chi connectivity index (χ0v) is 13.5. The van der Waals surface area contributed by atoms with Crippen molar-refractivity contribution in [3.8, 4) is 0 Å². The molecule has 0 spiro atoms. The van der Waals surface area contributed by atoms with E-state index in [9.17, 15) is 13.2 Å². The molecule has 124 valence electrons. The molecule has 2 aromatic carbocycles. The van der Waals surface area contributed by atoms with E-state index in [0.717, 1.165) is 5.56 Å². The lowest BCUT2D eigenvalue weighted by atomic mass is 10.1. The van der Waals surface area contributed by atoms with E-state index in [0.29, 0.717) is 0 Å². The van der Waals surface area contributed by atoms with Gasteiger partial charge in [0.25, 0.3) is 15.9 Å². The van der Waals surface area contributed by atoms with Crippen molar-refractivity contribution in [3.05, 3.63) is 60.2 Å². The molecule has 1 atom stereocenters. The van der Waals surface area contributed by atoms with Crippen LogP contribution in [0.15, 0.2) is 64.5 Å². The fourth-order valence-electron chi connectivity index (χ4n) is 2.30. The topological polar surface area (TPSA) is 114 Å². The minimum atomic E-state index is -3.80. The quantitative estimate of drug-likeness (QED) is 0.762. The van der Waals surface area contributed by atoms with Crippen LogP contribution in [-0.4, -0.2) is 26.7 Å². The number of nitrogens with two attached hydrogens (primary N) is 1. The predicted octanol–water partition coefficient (Wildman–Crippen LogP) is 0.825. The standard InChI is InChI=1S/C16H16N4O3S/c17-12(11-6-2-1-3-7-11)10-18-16(21)15-19-13-8-4-5-9-14(13)24(22,23)20-15/h1-9,12H,10,17H2,(H,18,21)(H,19,20). The third kappa shape index (κ3) is 3.29. The minimum Gasteiger partial charge on any atom is -0.347 e. The van der Waals surface area contributed by atoms with E-state index in [1.807, 2.05) is 30.3 Å². The number of amidine groups is 1. The monoisotopic (exact) mass is 344 g/mol. The summed E-state index contributed by atoms with van der Waals surface area (Å²) in [4.78, 5) is 16.3. The van der Waals surface area contributed by atoms with Crippen molar-refractivity contribution in [2.24, 2.45) is 10.7 Å². The van der Waals surface area contributed by atoms with E-state index in [4.69, 9.17) is 5.73 Å². The number of nitrogens with zero attached hydrogens (tertiary/aromatic N) is 1. The van der Waals surface area contributed by atoms with E-state index in [-0.39, 0.29) is 23.0 Å². The first-order chi connectivity index (χ1) is 11.5. The van der Waals surface area contributed by atoms with Gasteiger partial charge in [0.15, 0.2) is 0 Å². The Morgan fingerprint density at radius 3 is 2.54 bits per heavy atom. The Morgan fingerprint density at radius 2 is 1.79 bits per heavy atom. The number of carbonyl (C=O) groups excluding carboxylic acids is 1. The minimum absolute atomic E-state index is 0.0440.